The number of carbonyl (C=O) groups excluding carboxylic acids is 2. The summed E-state index contributed by atoms with van der Waals surface area (Å²) in [6, 6.07) is 13.0. The van der Waals surface area contributed by atoms with Gasteiger partial charge in [0.2, 0.25) is 12.7 Å². The molecule has 2 aromatic carbocycles. The zero-order valence-electron chi connectivity index (χ0n) is 15.8. The molecule has 1 N–H and O–H groups in total. The van der Waals surface area contributed by atoms with Crippen LogP contribution in [-0.2, 0) is 4.79 Å². The molecule has 0 aromatic heterocycles. The van der Waals surface area contributed by atoms with Crippen LogP contribution in [-0.4, -0.2) is 61.1 Å². The van der Waals surface area contributed by atoms with Gasteiger partial charge < -0.3 is 19.7 Å². The van der Waals surface area contributed by atoms with Gasteiger partial charge in [0.15, 0.2) is 11.5 Å². The number of ether oxygens (including phenoxy) is 2. The molecule has 0 unspecified atom stereocenters. The van der Waals surface area contributed by atoms with E-state index in [1.807, 2.05) is 36.1 Å². The maximum atomic E-state index is 12.6. The molecule has 1 fully saturated rings. The van der Waals surface area contributed by atoms with Crippen LogP contribution < -0.4 is 14.8 Å². The van der Waals surface area contributed by atoms with E-state index >= 15 is 0 Å². The maximum absolute atomic E-state index is 12.6. The number of aryl methyl sites for hydroxylation is 1. The van der Waals surface area contributed by atoms with Gasteiger partial charge in [-0.2, -0.15) is 0 Å². The molecule has 7 nitrogen and oxygen atoms in total. The molecular formula is C21H23N3O4. The predicted molar refractivity (Wildman–Crippen MR) is 105 cm³/mol. The Labute approximate surface area is 163 Å². The van der Waals surface area contributed by atoms with Gasteiger partial charge in [-0.15, -0.1) is 0 Å². The van der Waals surface area contributed by atoms with Crippen molar-refractivity contribution in [1.29, 1.82) is 0 Å². The van der Waals surface area contributed by atoms with Gasteiger partial charge >= 0.3 is 0 Å². The van der Waals surface area contributed by atoms with Gasteiger partial charge in [0, 0.05) is 43.5 Å². The summed E-state index contributed by atoms with van der Waals surface area (Å²) in [5.74, 6) is 1.29. The molecule has 7 heteroatoms. The van der Waals surface area contributed by atoms with Crippen LogP contribution in [0, 0.1) is 6.92 Å². The Hall–Kier alpha value is -3.06. The van der Waals surface area contributed by atoms with Gasteiger partial charge in [-0.25, -0.2) is 0 Å². The van der Waals surface area contributed by atoms with Crippen LogP contribution in [0.3, 0.4) is 0 Å². The largest absolute Gasteiger partial charge is 0.454 e. The third kappa shape index (κ3) is 4.09. The fraction of sp³-hybridized carbons (Fsp3) is 0.333. The SMILES string of the molecule is Cc1ccc(C(=O)N2CCN(CC(=O)Nc3ccc4c(c3)OCO4)CC2)cc1. The van der Waals surface area contributed by atoms with Gasteiger partial charge in [-0.3, -0.25) is 14.5 Å². The van der Waals surface area contributed by atoms with Gasteiger partial charge in [-0.05, 0) is 31.2 Å². The number of benzene rings is 2. The quantitative estimate of drug-likeness (QED) is 0.879. The summed E-state index contributed by atoms with van der Waals surface area (Å²) in [6.07, 6.45) is 0. The number of nitrogens with zero attached hydrogens (tertiary/aromatic N) is 2. The highest BCUT2D eigenvalue weighted by Gasteiger charge is 2.23. The molecule has 2 aliphatic heterocycles. The first-order valence-electron chi connectivity index (χ1n) is 9.36. The van der Waals surface area contributed by atoms with Crippen molar-refractivity contribution in [2.24, 2.45) is 0 Å². The molecule has 0 radical (unpaired) electrons. The fourth-order valence-electron chi connectivity index (χ4n) is 3.37. The molecule has 28 heavy (non-hydrogen) atoms. The number of rotatable bonds is 4. The molecule has 146 valence electrons. The smallest absolute Gasteiger partial charge is 0.253 e. The summed E-state index contributed by atoms with van der Waals surface area (Å²) in [5.41, 5.74) is 2.52. The first-order valence-corrected chi connectivity index (χ1v) is 9.36. The Bertz CT molecular complexity index is 874. The number of carbonyl (C=O) groups is 2. The fourth-order valence-corrected chi connectivity index (χ4v) is 3.37. The number of hydrogen-bond acceptors (Lipinski definition) is 5. The van der Waals surface area contributed by atoms with Crippen molar-refractivity contribution >= 4 is 17.5 Å². The van der Waals surface area contributed by atoms with E-state index in [2.05, 4.69) is 10.2 Å². The predicted octanol–water partition coefficient (Wildman–Crippen LogP) is 2.12. The monoisotopic (exact) mass is 381 g/mol. The maximum Gasteiger partial charge on any atom is 0.253 e. The number of hydrogen-bond donors (Lipinski definition) is 1. The highest BCUT2D eigenvalue weighted by atomic mass is 16.7. The Morgan fingerprint density at radius 1 is 0.964 bits per heavy atom. The normalized spacial score (nSPS) is 16.1. The van der Waals surface area contributed by atoms with E-state index < -0.39 is 0 Å². The molecule has 0 saturated carbocycles. The summed E-state index contributed by atoms with van der Waals surface area (Å²) in [6.45, 7) is 5.08. The molecular weight excluding hydrogens is 358 g/mol. The van der Waals surface area contributed by atoms with E-state index in [4.69, 9.17) is 9.47 Å². The number of amides is 2. The van der Waals surface area contributed by atoms with E-state index in [1.165, 1.54) is 0 Å². The zero-order valence-corrected chi connectivity index (χ0v) is 15.8. The van der Waals surface area contributed by atoms with Gasteiger partial charge in [-0.1, -0.05) is 17.7 Å². The molecule has 0 atom stereocenters. The van der Waals surface area contributed by atoms with Crippen LogP contribution in [0.15, 0.2) is 42.5 Å². The van der Waals surface area contributed by atoms with E-state index in [0.717, 1.165) is 5.56 Å². The van der Waals surface area contributed by atoms with Crippen molar-refractivity contribution in [2.75, 3.05) is 44.8 Å². The van der Waals surface area contributed by atoms with E-state index in [9.17, 15) is 9.59 Å². The summed E-state index contributed by atoms with van der Waals surface area (Å²) >= 11 is 0. The van der Waals surface area contributed by atoms with Crippen LogP contribution in [0.5, 0.6) is 11.5 Å². The highest BCUT2D eigenvalue weighted by Crippen LogP contribution is 2.34. The second-order valence-electron chi connectivity index (χ2n) is 7.05. The van der Waals surface area contributed by atoms with E-state index in [0.29, 0.717) is 55.5 Å². The van der Waals surface area contributed by atoms with Crippen molar-refractivity contribution in [2.45, 2.75) is 6.92 Å². The summed E-state index contributed by atoms with van der Waals surface area (Å²) in [5, 5.41) is 2.89. The number of nitrogens with one attached hydrogen (secondary N) is 1. The van der Waals surface area contributed by atoms with Crippen molar-refractivity contribution in [3.8, 4) is 11.5 Å². The minimum absolute atomic E-state index is 0.0458. The summed E-state index contributed by atoms with van der Waals surface area (Å²) < 4.78 is 10.6. The zero-order chi connectivity index (χ0) is 19.5. The van der Waals surface area contributed by atoms with Crippen molar-refractivity contribution in [3.63, 3.8) is 0 Å². The Morgan fingerprint density at radius 2 is 1.68 bits per heavy atom. The average molecular weight is 381 g/mol. The lowest BCUT2D eigenvalue weighted by Gasteiger charge is -2.34. The Balaban J connectivity index is 1.26. The van der Waals surface area contributed by atoms with Gasteiger partial charge in [0.25, 0.3) is 5.91 Å². The molecule has 2 aliphatic rings. The summed E-state index contributed by atoms with van der Waals surface area (Å²) in [7, 11) is 0. The minimum Gasteiger partial charge on any atom is -0.454 e. The number of fused-ring (bicyclic) bond motifs is 1. The molecule has 0 aliphatic carbocycles. The van der Waals surface area contributed by atoms with Crippen LogP contribution in [0.2, 0.25) is 0 Å². The van der Waals surface area contributed by atoms with Crippen molar-refractivity contribution in [3.05, 3.63) is 53.6 Å². The average Bonchev–Trinajstić information content (AvgIpc) is 3.16. The van der Waals surface area contributed by atoms with E-state index in [1.54, 1.807) is 18.2 Å². The number of piperazine rings is 1. The second-order valence-corrected chi connectivity index (χ2v) is 7.05. The highest BCUT2D eigenvalue weighted by molar-refractivity contribution is 5.94. The van der Waals surface area contributed by atoms with Crippen LogP contribution >= 0.6 is 0 Å². The first-order chi connectivity index (χ1) is 13.6. The molecule has 1 saturated heterocycles. The Kier molecular flexibility index (Phi) is 5.16. The molecule has 2 heterocycles. The molecule has 0 spiro atoms. The third-order valence-electron chi connectivity index (χ3n) is 4.98. The molecule has 4 rings (SSSR count). The van der Waals surface area contributed by atoms with Gasteiger partial charge in [0.05, 0.1) is 6.54 Å². The standard InChI is InChI=1S/C21H23N3O4/c1-15-2-4-16(5-3-15)21(26)24-10-8-23(9-11-24)13-20(25)22-17-6-7-18-19(12-17)28-14-27-18/h2-7,12H,8-11,13-14H2,1H3,(H,22,25). The lowest BCUT2D eigenvalue weighted by Crippen LogP contribution is -2.50. The van der Waals surface area contributed by atoms with Crippen LogP contribution in [0.1, 0.15) is 15.9 Å². The van der Waals surface area contributed by atoms with Crippen molar-refractivity contribution < 1.29 is 19.1 Å². The number of anilines is 1. The van der Waals surface area contributed by atoms with E-state index in [-0.39, 0.29) is 18.6 Å². The minimum atomic E-state index is -0.0859. The first kappa shape index (κ1) is 18.3. The molecule has 2 amide bonds. The third-order valence-corrected chi connectivity index (χ3v) is 4.98. The van der Waals surface area contributed by atoms with Crippen molar-refractivity contribution in [1.82, 2.24) is 9.80 Å². The second kappa shape index (κ2) is 7.90. The van der Waals surface area contributed by atoms with Crippen LogP contribution in [0.4, 0.5) is 5.69 Å². The Morgan fingerprint density at radius 3 is 2.43 bits per heavy atom. The van der Waals surface area contributed by atoms with Gasteiger partial charge in [0.1, 0.15) is 0 Å². The van der Waals surface area contributed by atoms with Crippen LogP contribution in [0.25, 0.3) is 0 Å². The topological polar surface area (TPSA) is 71.1 Å². The summed E-state index contributed by atoms with van der Waals surface area (Å²) in [4.78, 5) is 28.8. The molecule has 2 aromatic rings. The molecule has 0 bridgehead atoms. The lowest BCUT2D eigenvalue weighted by molar-refractivity contribution is -0.117. The lowest BCUT2D eigenvalue weighted by atomic mass is 10.1.